The van der Waals surface area contributed by atoms with Crippen LogP contribution in [0, 0.1) is 5.82 Å². The van der Waals surface area contributed by atoms with Crippen LogP contribution in [0.25, 0.3) is 10.9 Å². The molecule has 2 nitrogen and oxygen atoms in total. The van der Waals surface area contributed by atoms with Gasteiger partial charge in [-0.15, -0.1) is 0 Å². The summed E-state index contributed by atoms with van der Waals surface area (Å²) < 4.78 is 15.8. The van der Waals surface area contributed by atoms with Crippen LogP contribution in [0.15, 0.2) is 48.7 Å². The molecule has 0 unspecified atom stereocenters. The molecule has 0 fully saturated rings. The van der Waals surface area contributed by atoms with Gasteiger partial charge in [0.25, 0.3) is 0 Å². The summed E-state index contributed by atoms with van der Waals surface area (Å²) in [6, 6.07) is 12.6. The van der Waals surface area contributed by atoms with Crippen LogP contribution in [0.3, 0.4) is 0 Å². The van der Waals surface area contributed by atoms with Crippen LogP contribution in [0.2, 0.25) is 5.02 Å². The molecule has 0 amide bonds. The van der Waals surface area contributed by atoms with Crippen molar-refractivity contribution in [2.24, 2.45) is 5.73 Å². The molecule has 3 aromatic rings. The highest BCUT2D eigenvalue weighted by atomic mass is 35.5. The first-order valence-electron chi connectivity index (χ1n) is 6.40. The third-order valence-electron chi connectivity index (χ3n) is 3.47. The Morgan fingerprint density at radius 1 is 1.10 bits per heavy atom. The Bertz CT molecular complexity index is 764. The fraction of sp³-hybridized carbons (Fsp3) is 0.125. The van der Waals surface area contributed by atoms with E-state index in [4.69, 9.17) is 17.3 Å². The van der Waals surface area contributed by atoms with Gasteiger partial charge in [0.15, 0.2) is 0 Å². The summed E-state index contributed by atoms with van der Waals surface area (Å²) in [7, 11) is 0. The fourth-order valence-corrected chi connectivity index (χ4v) is 2.65. The molecule has 0 saturated heterocycles. The molecule has 0 saturated carbocycles. The monoisotopic (exact) mass is 288 g/mol. The van der Waals surface area contributed by atoms with Gasteiger partial charge in [-0.3, -0.25) is 0 Å². The number of aromatic nitrogens is 1. The van der Waals surface area contributed by atoms with E-state index in [9.17, 15) is 4.39 Å². The molecule has 3 rings (SSSR count). The number of rotatable bonds is 3. The quantitative estimate of drug-likeness (QED) is 0.777. The first kappa shape index (κ1) is 13.2. The van der Waals surface area contributed by atoms with Crippen molar-refractivity contribution >= 4 is 22.5 Å². The third-order valence-corrected chi connectivity index (χ3v) is 3.71. The van der Waals surface area contributed by atoms with E-state index in [1.165, 1.54) is 6.07 Å². The Morgan fingerprint density at radius 3 is 2.75 bits per heavy atom. The van der Waals surface area contributed by atoms with Crippen molar-refractivity contribution in [3.8, 4) is 0 Å². The molecule has 0 atom stereocenters. The van der Waals surface area contributed by atoms with Crippen molar-refractivity contribution < 1.29 is 4.39 Å². The van der Waals surface area contributed by atoms with Crippen molar-refractivity contribution in [2.75, 3.05) is 0 Å². The number of nitrogens with two attached hydrogens (primary N) is 1. The molecule has 102 valence electrons. The first-order valence-corrected chi connectivity index (χ1v) is 6.77. The molecular weight excluding hydrogens is 275 g/mol. The number of hydrogen-bond acceptors (Lipinski definition) is 1. The standard InChI is InChI=1S/C16H14ClFN2/c17-13-4-5-15(18)12(8-13)10-20-7-6-14-11(9-19)2-1-3-16(14)20/h1-8H,9-10,19H2. The van der Waals surface area contributed by atoms with Crippen LogP contribution in [0.5, 0.6) is 0 Å². The van der Waals surface area contributed by atoms with Crippen LogP contribution in [-0.2, 0) is 13.1 Å². The van der Waals surface area contributed by atoms with Crippen LogP contribution in [0.1, 0.15) is 11.1 Å². The summed E-state index contributed by atoms with van der Waals surface area (Å²) in [4.78, 5) is 0. The van der Waals surface area contributed by atoms with Gasteiger partial charge in [-0.1, -0.05) is 23.7 Å². The smallest absolute Gasteiger partial charge is 0.128 e. The summed E-state index contributed by atoms with van der Waals surface area (Å²) >= 11 is 5.93. The predicted octanol–water partition coefficient (Wildman–Crippen LogP) is 3.94. The van der Waals surface area contributed by atoms with Gasteiger partial charge < -0.3 is 10.3 Å². The molecule has 0 aliphatic heterocycles. The average Bonchev–Trinajstić information content (AvgIpc) is 2.86. The number of benzene rings is 2. The topological polar surface area (TPSA) is 30.9 Å². The van der Waals surface area contributed by atoms with Gasteiger partial charge in [-0.05, 0) is 35.9 Å². The zero-order valence-electron chi connectivity index (χ0n) is 10.8. The van der Waals surface area contributed by atoms with Crippen LogP contribution in [0.4, 0.5) is 4.39 Å². The zero-order chi connectivity index (χ0) is 14.1. The molecule has 2 aromatic carbocycles. The molecule has 4 heteroatoms. The van der Waals surface area contributed by atoms with Crippen LogP contribution < -0.4 is 5.73 Å². The van der Waals surface area contributed by atoms with Crippen molar-refractivity contribution in [1.82, 2.24) is 4.57 Å². The maximum absolute atomic E-state index is 13.8. The molecular formula is C16H14ClFN2. The Balaban J connectivity index is 2.05. The van der Waals surface area contributed by atoms with E-state index in [0.29, 0.717) is 23.7 Å². The molecule has 2 N–H and O–H groups in total. The predicted molar refractivity (Wildman–Crippen MR) is 80.3 cm³/mol. The number of hydrogen-bond donors (Lipinski definition) is 1. The van der Waals surface area contributed by atoms with Crippen molar-refractivity contribution in [3.63, 3.8) is 0 Å². The second-order valence-corrected chi connectivity index (χ2v) is 5.17. The number of fused-ring (bicyclic) bond motifs is 1. The van der Waals surface area contributed by atoms with Gasteiger partial charge in [0.05, 0.1) is 6.54 Å². The SMILES string of the molecule is NCc1cccc2c1ccn2Cc1cc(Cl)ccc1F. The van der Waals surface area contributed by atoms with E-state index in [1.54, 1.807) is 12.1 Å². The van der Waals surface area contributed by atoms with E-state index in [1.807, 2.05) is 35.0 Å². The summed E-state index contributed by atoms with van der Waals surface area (Å²) in [6.07, 6.45) is 1.95. The molecule has 0 radical (unpaired) electrons. The lowest BCUT2D eigenvalue weighted by Crippen LogP contribution is -2.01. The van der Waals surface area contributed by atoms with Crippen molar-refractivity contribution in [2.45, 2.75) is 13.1 Å². The molecule has 0 bridgehead atoms. The Kier molecular flexibility index (Phi) is 3.47. The van der Waals surface area contributed by atoms with Gasteiger partial charge >= 0.3 is 0 Å². The van der Waals surface area contributed by atoms with Crippen LogP contribution >= 0.6 is 11.6 Å². The minimum Gasteiger partial charge on any atom is -0.343 e. The van der Waals surface area contributed by atoms with Gasteiger partial charge in [0, 0.05) is 34.2 Å². The maximum atomic E-state index is 13.8. The highest BCUT2D eigenvalue weighted by molar-refractivity contribution is 6.30. The highest BCUT2D eigenvalue weighted by Crippen LogP contribution is 2.22. The van der Waals surface area contributed by atoms with Gasteiger partial charge in [-0.2, -0.15) is 0 Å². The summed E-state index contributed by atoms with van der Waals surface area (Å²) in [5.74, 6) is -0.244. The molecule has 20 heavy (non-hydrogen) atoms. The second kappa shape index (κ2) is 5.27. The van der Waals surface area contributed by atoms with E-state index >= 15 is 0 Å². The molecule has 1 heterocycles. The Hall–Kier alpha value is -1.84. The summed E-state index contributed by atoms with van der Waals surface area (Å²) in [5, 5.41) is 1.65. The number of halogens is 2. The largest absolute Gasteiger partial charge is 0.343 e. The lowest BCUT2D eigenvalue weighted by atomic mass is 10.1. The van der Waals surface area contributed by atoms with E-state index in [2.05, 4.69) is 0 Å². The minimum atomic E-state index is -0.244. The normalized spacial score (nSPS) is 11.2. The Labute approximate surface area is 121 Å². The number of nitrogens with zero attached hydrogens (tertiary/aromatic N) is 1. The Morgan fingerprint density at radius 2 is 1.95 bits per heavy atom. The molecule has 0 spiro atoms. The van der Waals surface area contributed by atoms with Gasteiger partial charge in [0.2, 0.25) is 0 Å². The van der Waals surface area contributed by atoms with E-state index in [-0.39, 0.29) is 5.82 Å². The second-order valence-electron chi connectivity index (χ2n) is 4.73. The molecule has 0 aliphatic carbocycles. The van der Waals surface area contributed by atoms with E-state index < -0.39 is 0 Å². The van der Waals surface area contributed by atoms with Crippen LogP contribution in [-0.4, -0.2) is 4.57 Å². The molecule has 0 aliphatic rings. The lowest BCUT2D eigenvalue weighted by Gasteiger charge is -2.08. The molecule has 1 aromatic heterocycles. The first-order chi connectivity index (χ1) is 9.69. The summed E-state index contributed by atoms with van der Waals surface area (Å²) in [5.41, 5.74) is 8.45. The lowest BCUT2D eigenvalue weighted by molar-refractivity contribution is 0.602. The maximum Gasteiger partial charge on any atom is 0.128 e. The van der Waals surface area contributed by atoms with Crippen molar-refractivity contribution in [3.05, 3.63) is 70.6 Å². The van der Waals surface area contributed by atoms with Gasteiger partial charge in [-0.25, -0.2) is 4.39 Å². The average molecular weight is 289 g/mol. The minimum absolute atomic E-state index is 0.244. The summed E-state index contributed by atoms with van der Waals surface area (Å²) in [6.45, 7) is 0.941. The fourth-order valence-electron chi connectivity index (χ4n) is 2.45. The highest BCUT2D eigenvalue weighted by Gasteiger charge is 2.08. The zero-order valence-corrected chi connectivity index (χ0v) is 11.6. The third kappa shape index (κ3) is 2.30. The van der Waals surface area contributed by atoms with Crippen molar-refractivity contribution in [1.29, 1.82) is 0 Å². The van der Waals surface area contributed by atoms with Gasteiger partial charge in [0.1, 0.15) is 5.82 Å². The van der Waals surface area contributed by atoms with E-state index in [0.717, 1.165) is 16.5 Å².